The average Bonchev–Trinajstić information content (AvgIpc) is 3.52. The molecule has 0 amide bonds. The van der Waals surface area contributed by atoms with E-state index in [1.54, 1.807) is 0 Å². The van der Waals surface area contributed by atoms with Gasteiger partial charge in [-0.2, -0.15) is 108 Å². The van der Waals surface area contributed by atoms with E-state index in [2.05, 4.69) is 97.1 Å². The van der Waals surface area contributed by atoms with E-state index >= 15 is 0 Å². The Kier molecular flexibility index (Phi) is 11.5. The van der Waals surface area contributed by atoms with Crippen LogP contribution in [0.15, 0.2) is 146 Å². The second kappa shape index (κ2) is 14.7. The van der Waals surface area contributed by atoms with Crippen LogP contribution < -0.4 is 0 Å². The van der Waals surface area contributed by atoms with Gasteiger partial charge < -0.3 is 0 Å². The van der Waals surface area contributed by atoms with Crippen LogP contribution in [0.25, 0.3) is 21.5 Å². The van der Waals surface area contributed by atoms with Crippen LogP contribution in [-0.2, 0) is 21.7 Å². The van der Waals surface area contributed by atoms with Crippen molar-refractivity contribution < 1.29 is 21.7 Å². The Labute approximate surface area is 200 Å². The number of hydrogen-bond acceptors (Lipinski definition) is 0. The molecule has 0 radical (unpaired) electrons. The summed E-state index contributed by atoms with van der Waals surface area (Å²) in [6.07, 6.45) is 0. The van der Waals surface area contributed by atoms with Crippen molar-refractivity contribution in [3.05, 3.63) is 158 Å². The second-order valence-electron chi connectivity index (χ2n) is 6.46. The Morgan fingerprint density at radius 2 is 0.806 bits per heavy atom. The van der Waals surface area contributed by atoms with E-state index in [1.165, 1.54) is 21.5 Å². The van der Waals surface area contributed by atoms with E-state index in [9.17, 15) is 0 Å². The fourth-order valence-electron chi connectivity index (χ4n) is 2.82. The Morgan fingerprint density at radius 3 is 1.10 bits per heavy atom. The van der Waals surface area contributed by atoms with Gasteiger partial charge in [0.1, 0.15) is 0 Å². The van der Waals surface area contributed by atoms with Crippen LogP contribution in [0.4, 0.5) is 0 Å². The maximum atomic E-state index is 2.89. The Morgan fingerprint density at radius 1 is 0.419 bits per heavy atom. The molecule has 0 saturated carbocycles. The maximum absolute atomic E-state index is 2.89. The van der Waals surface area contributed by atoms with Gasteiger partial charge in [-0.25, -0.2) is 0 Å². The zero-order valence-corrected chi connectivity index (χ0v) is 18.9. The molecule has 31 heavy (non-hydrogen) atoms. The zero-order chi connectivity index (χ0) is 20.7. The Balaban J connectivity index is 0.000000148. The molecule has 0 bridgehead atoms. The number of rotatable bonds is 0. The second-order valence-corrected chi connectivity index (χ2v) is 6.46. The molecule has 6 aromatic carbocycles. The van der Waals surface area contributed by atoms with Gasteiger partial charge in [0.15, 0.2) is 0 Å². The van der Waals surface area contributed by atoms with Gasteiger partial charge in [-0.3, -0.25) is 0 Å². The molecule has 6 aromatic rings. The van der Waals surface area contributed by atoms with Crippen molar-refractivity contribution in [2.75, 3.05) is 0 Å². The van der Waals surface area contributed by atoms with Crippen molar-refractivity contribution in [1.29, 1.82) is 0 Å². The van der Waals surface area contributed by atoms with E-state index in [1.807, 2.05) is 60.7 Å². The molecule has 6 rings (SSSR count). The summed E-state index contributed by atoms with van der Waals surface area (Å²) in [5.41, 5.74) is 0. The zero-order valence-electron chi connectivity index (χ0n) is 17.4. The minimum Gasteiger partial charge on any atom is -0.184 e. The molecule has 0 aliphatic rings. The quantitative estimate of drug-likeness (QED) is 0.168. The predicted molar refractivity (Wildman–Crippen MR) is 130 cm³/mol. The molecule has 0 heterocycles. The van der Waals surface area contributed by atoms with Gasteiger partial charge >= 0.3 is 21.7 Å². The first-order valence-corrected chi connectivity index (χ1v) is 9.96. The van der Waals surface area contributed by atoms with Gasteiger partial charge in [-0.1, -0.05) is 12.1 Å². The van der Waals surface area contributed by atoms with Crippen LogP contribution in [0, 0.1) is 12.1 Å². The van der Waals surface area contributed by atoms with Gasteiger partial charge in [-0.15, -0.1) is 59.3 Å². The molecule has 0 atom stereocenters. The summed E-state index contributed by atoms with van der Waals surface area (Å²) in [4.78, 5) is 0. The van der Waals surface area contributed by atoms with Gasteiger partial charge in [0.2, 0.25) is 0 Å². The molecule has 0 saturated heterocycles. The number of benzene rings is 4. The van der Waals surface area contributed by atoms with E-state index in [-0.39, 0.29) is 21.7 Å². The van der Waals surface area contributed by atoms with Crippen LogP contribution in [0.2, 0.25) is 0 Å². The largest absolute Gasteiger partial charge is 4.00 e. The maximum Gasteiger partial charge on any atom is 4.00 e. The van der Waals surface area contributed by atoms with E-state index in [4.69, 9.17) is 0 Å². The van der Waals surface area contributed by atoms with Gasteiger partial charge in [0.05, 0.1) is 0 Å². The third-order valence-electron chi connectivity index (χ3n) is 4.31. The normalized spacial score (nSPS) is 9.03. The molecule has 0 aromatic heterocycles. The smallest absolute Gasteiger partial charge is 0.184 e. The Bertz CT molecular complexity index is 973. The van der Waals surface area contributed by atoms with Crippen molar-refractivity contribution in [2.24, 2.45) is 0 Å². The third-order valence-corrected chi connectivity index (χ3v) is 4.31. The first kappa shape index (κ1) is 24.1. The van der Waals surface area contributed by atoms with Crippen molar-refractivity contribution in [3.63, 3.8) is 0 Å². The minimum atomic E-state index is 0. The molecule has 0 fully saturated rings. The predicted octanol–water partition coefficient (Wildman–Crippen LogP) is 8.09. The van der Waals surface area contributed by atoms with Crippen molar-refractivity contribution >= 4 is 21.5 Å². The summed E-state index contributed by atoms with van der Waals surface area (Å²) in [7, 11) is 0. The van der Waals surface area contributed by atoms with Gasteiger partial charge in [0, 0.05) is 0 Å². The molecule has 148 valence electrons. The SMILES string of the molecule is [Ti+4].[c-]1ccccc1.[c-]1ccccc1.c1ccc2[cH-]ccc2c1.c1ccc2[cH-]ccc2c1. The molecule has 0 unspecified atom stereocenters. The summed E-state index contributed by atoms with van der Waals surface area (Å²) < 4.78 is 0. The summed E-state index contributed by atoms with van der Waals surface area (Å²) in [5, 5.41) is 5.32. The summed E-state index contributed by atoms with van der Waals surface area (Å²) in [6.45, 7) is 0. The molecule has 1 heteroatoms. The van der Waals surface area contributed by atoms with Crippen LogP contribution >= 0.6 is 0 Å². The van der Waals surface area contributed by atoms with Crippen LogP contribution in [0.3, 0.4) is 0 Å². The van der Waals surface area contributed by atoms with Gasteiger partial charge in [-0.05, 0) is 0 Å². The molecule has 0 N–H and O–H groups in total. The van der Waals surface area contributed by atoms with Crippen LogP contribution in [0.5, 0.6) is 0 Å². The molecule has 0 spiro atoms. The van der Waals surface area contributed by atoms with Crippen LogP contribution in [-0.4, -0.2) is 0 Å². The fraction of sp³-hybridized carbons (Fsp3) is 0. The number of hydrogen-bond donors (Lipinski definition) is 0. The summed E-state index contributed by atoms with van der Waals surface area (Å²) >= 11 is 0. The van der Waals surface area contributed by atoms with Crippen molar-refractivity contribution in [3.8, 4) is 0 Å². The molecule has 0 aliphatic heterocycles. The molecule has 0 nitrogen and oxygen atoms in total. The molecular formula is C30H24Ti. The van der Waals surface area contributed by atoms with Crippen molar-refractivity contribution in [2.45, 2.75) is 0 Å². The number of fused-ring (bicyclic) bond motifs is 2. The standard InChI is InChI=1S/2C9H7.2C6H5.Ti/c2*1-2-5-9-7-3-6-8(9)4-1;2*1-2-4-6-5-3-1;/h2*1-7H;2*1-5H;/q4*-1;+4. The summed E-state index contributed by atoms with van der Waals surface area (Å²) in [5.74, 6) is 0. The first-order valence-electron chi connectivity index (χ1n) is 9.96. The van der Waals surface area contributed by atoms with Crippen molar-refractivity contribution in [1.82, 2.24) is 0 Å². The first-order chi connectivity index (χ1) is 14.9. The molecular weight excluding hydrogens is 408 g/mol. The van der Waals surface area contributed by atoms with Crippen LogP contribution in [0.1, 0.15) is 0 Å². The Hall–Kier alpha value is -3.19. The van der Waals surface area contributed by atoms with E-state index in [0.29, 0.717) is 0 Å². The average molecular weight is 432 g/mol. The topological polar surface area (TPSA) is 0 Å². The third kappa shape index (κ3) is 9.01. The van der Waals surface area contributed by atoms with Gasteiger partial charge in [0.25, 0.3) is 0 Å². The van der Waals surface area contributed by atoms with E-state index in [0.717, 1.165) is 0 Å². The van der Waals surface area contributed by atoms with E-state index < -0.39 is 0 Å². The monoisotopic (exact) mass is 432 g/mol. The molecule has 0 aliphatic carbocycles. The summed E-state index contributed by atoms with van der Waals surface area (Å²) in [6, 6.07) is 54.3. The fourth-order valence-corrected chi connectivity index (χ4v) is 2.82. The minimum absolute atomic E-state index is 0.